The van der Waals surface area contributed by atoms with Crippen LogP contribution in [0.1, 0.15) is 39.6 Å². The number of benzene rings is 1. The van der Waals surface area contributed by atoms with Gasteiger partial charge in [0.2, 0.25) is 0 Å². The summed E-state index contributed by atoms with van der Waals surface area (Å²) in [5.74, 6) is -0.689. The molecule has 142 valence electrons. The molecule has 2 aliphatic rings. The van der Waals surface area contributed by atoms with Crippen LogP contribution in [0.5, 0.6) is 0 Å². The van der Waals surface area contributed by atoms with Crippen molar-refractivity contribution >= 4 is 17.5 Å². The average Bonchev–Trinajstić information content (AvgIpc) is 3.10. The number of hydrogen-bond donors (Lipinski definition) is 1. The van der Waals surface area contributed by atoms with Gasteiger partial charge in [-0.25, -0.2) is 9.37 Å². The van der Waals surface area contributed by atoms with Gasteiger partial charge in [0.25, 0.3) is 11.8 Å². The van der Waals surface area contributed by atoms with Crippen molar-refractivity contribution in [1.29, 1.82) is 0 Å². The van der Waals surface area contributed by atoms with Gasteiger partial charge >= 0.3 is 0 Å². The van der Waals surface area contributed by atoms with Crippen LogP contribution in [0.2, 0.25) is 0 Å². The monoisotopic (exact) mass is 372 g/mol. The van der Waals surface area contributed by atoms with Crippen molar-refractivity contribution in [3.05, 3.63) is 47.3 Å². The van der Waals surface area contributed by atoms with Gasteiger partial charge in [0, 0.05) is 25.3 Å². The number of nitrogens with zero attached hydrogens (tertiary/aromatic N) is 3. The van der Waals surface area contributed by atoms with Gasteiger partial charge in [0.15, 0.2) is 5.82 Å². The van der Waals surface area contributed by atoms with Gasteiger partial charge < -0.3 is 19.5 Å². The number of ether oxygens (including phenoxy) is 1. The number of hydrogen-bond acceptors (Lipinski definition) is 4. The largest absolute Gasteiger partial charge is 0.378 e. The first-order valence-electron chi connectivity index (χ1n) is 9.17. The number of amides is 2. The van der Waals surface area contributed by atoms with E-state index in [2.05, 4.69) is 10.3 Å². The number of carbonyl (C=O) groups excluding carboxylic acids is 2. The molecule has 27 heavy (non-hydrogen) atoms. The minimum absolute atomic E-state index is 0.148. The Morgan fingerprint density at radius 2 is 1.81 bits per heavy atom. The highest BCUT2D eigenvalue weighted by Crippen LogP contribution is 2.23. The lowest BCUT2D eigenvalue weighted by Crippen LogP contribution is -2.41. The van der Waals surface area contributed by atoms with Crippen LogP contribution in [0.3, 0.4) is 0 Å². The second-order valence-electron chi connectivity index (χ2n) is 6.71. The van der Waals surface area contributed by atoms with Crippen LogP contribution < -0.4 is 5.32 Å². The van der Waals surface area contributed by atoms with Crippen LogP contribution in [0, 0.1) is 5.82 Å². The van der Waals surface area contributed by atoms with Gasteiger partial charge in [-0.3, -0.25) is 9.59 Å². The molecule has 0 saturated carbocycles. The van der Waals surface area contributed by atoms with Crippen molar-refractivity contribution < 1.29 is 18.7 Å². The SMILES string of the molecule is O=C(Nc1ccc(F)cc1)c1nc(C(=O)N2CCOCC2)c2n1CCCC2. The smallest absolute Gasteiger partial charge is 0.291 e. The molecule has 0 aliphatic carbocycles. The van der Waals surface area contributed by atoms with Crippen molar-refractivity contribution in [2.45, 2.75) is 25.8 Å². The minimum atomic E-state index is -0.397. The van der Waals surface area contributed by atoms with E-state index < -0.39 is 5.91 Å². The first-order chi connectivity index (χ1) is 13.1. The molecule has 0 atom stereocenters. The molecule has 4 rings (SSSR count). The highest BCUT2D eigenvalue weighted by molar-refractivity contribution is 6.03. The molecule has 1 saturated heterocycles. The van der Waals surface area contributed by atoms with Gasteiger partial charge in [-0.1, -0.05) is 0 Å². The first-order valence-corrected chi connectivity index (χ1v) is 9.17. The number of fused-ring (bicyclic) bond motifs is 1. The Morgan fingerprint density at radius 3 is 2.56 bits per heavy atom. The molecule has 0 bridgehead atoms. The second-order valence-corrected chi connectivity index (χ2v) is 6.71. The van der Waals surface area contributed by atoms with Gasteiger partial charge in [-0.2, -0.15) is 0 Å². The Balaban J connectivity index is 1.62. The number of aromatic nitrogens is 2. The van der Waals surface area contributed by atoms with E-state index in [-0.39, 0.29) is 17.5 Å². The summed E-state index contributed by atoms with van der Waals surface area (Å²) in [6, 6.07) is 5.55. The maximum atomic E-state index is 13.1. The van der Waals surface area contributed by atoms with Gasteiger partial charge in [0.1, 0.15) is 11.5 Å². The third-order valence-corrected chi connectivity index (χ3v) is 4.92. The fourth-order valence-corrected chi connectivity index (χ4v) is 3.52. The third-order valence-electron chi connectivity index (χ3n) is 4.92. The van der Waals surface area contributed by atoms with E-state index in [1.165, 1.54) is 24.3 Å². The zero-order valence-electron chi connectivity index (χ0n) is 14.9. The normalized spacial score (nSPS) is 16.7. The molecule has 7 nitrogen and oxygen atoms in total. The first kappa shape index (κ1) is 17.7. The molecule has 8 heteroatoms. The zero-order valence-corrected chi connectivity index (χ0v) is 14.9. The molecule has 2 aromatic rings. The summed E-state index contributed by atoms with van der Waals surface area (Å²) in [5, 5.41) is 2.73. The van der Waals surface area contributed by atoms with Crippen LogP contribution in [-0.2, 0) is 17.7 Å². The number of imidazole rings is 1. The fourth-order valence-electron chi connectivity index (χ4n) is 3.52. The van der Waals surface area contributed by atoms with Crippen LogP contribution in [0.15, 0.2) is 24.3 Å². The molecule has 2 aliphatic heterocycles. The number of carbonyl (C=O) groups is 2. The number of rotatable bonds is 3. The molecular weight excluding hydrogens is 351 g/mol. The van der Waals surface area contributed by atoms with E-state index in [4.69, 9.17) is 4.74 Å². The fraction of sp³-hybridized carbons (Fsp3) is 0.421. The van der Waals surface area contributed by atoms with Crippen molar-refractivity contribution in [3.63, 3.8) is 0 Å². The van der Waals surface area contributed by atoms with Crippen LogP contribution in [0.25, 0.3) is 0 Å². The molecule has 1 aromatic heterocycles. The summed E-state index contributed by atoms with van der Waals surface area (Å²) < 4.78 is 20.2. The highest BCUT2D eigenvalue weighted by Gasteiger charge is 2.30. The number of halogens is 1. The maximum Gasteiger partial charge on any atom is 0.291 e. The number of anilines is 1. The summed E-state index contributed by atoms with van der Waals surface area (Å²) in [6.07, 6.45) is 2.63. The van der Waals surface area contributed by atoms with Crippen molar-refractivity contribution in [2.75, 3.05) is 31.6 Å². The molecule has 2 amide bonds. The van der Waals surface area contributed by atoms with Crippen LogP contribution in [0.4, 0.5) is 10.1 Å². The van der Waals surface area contributed by atoms with E-state index in [9.17, 15) is 14.0 Å². The molecule has 1 N–H and O–H groups in total. The van der Waals surface area contributed by atoms with Gasteiger partial charge in [-0.15, -0.1) is 0 Å². The van der Waals surface area contributed by atoms with Gasteiger partial charge in [0.05, 0.1) is 18.9 Å². The maximum absolute atomic E-state index is 13.1. The van der Waals surface area contributed by atoms with Crippen molar-refractivity contribution in [2.24, 2.45) is 0 Å². The molecule has 0 radical (unpaired) electrons. The van der Waals surface area contributed by atoms with Gasteiger partial charge in [-0.05, 0) is 43.5 Å². The average molecular weight is 372 g/mol. The summed E-state index contributed by atoms with van der Waals surface area (Å²) in [4.78, 5) is 31.8. The Hall–Kier alpha value is -2.74. The molecule has 0 spiro atoms. The summed E-state index contributed by atoms with van der Waals surface area (Å²) in [6.45, 7) is 2.74. The van der Waals surface area contributed by atoms with E-state index in [0.29, 0.717) is 44.2 Å². The summed E-state index contributed by atoms with van der Waals surface area (Å²) in [5.41, 5.74) is 1.67. The minimum Gasteiger partial charge on any atom is -0.378 e. The third kappa shape index (κ3) is 3.57. The lowest BCUT2D eigenvalue weighted by atomic mass is 10.1. The highest BCUT2D eigenvalue weighted by atomic mass is 19.1. The topological polar surface area (TPSA) is 76.5 Å². The predicted octanol–water partition coefficient (Wildman–Crippen LogP) is 2.08. The van der Waals surface area contributed by atoms with Crippen molar-refractivity contribution in [1.82, 2.24) is 14.5 Å². The van der Waals surface area contributed by atoms with E-state index in [0.717, 1.165) is 25.0 Å². The molecule has 3 heterocycles. The van der Waals surface area contributed by atoms with Crippen LogP contribution in [-0.4, -0.2) is 52.6 Å². The van der Waals surface area contributed by atoms with Crippen LogP contribution >= 0.6 is 0 Å². The zero-order chi connectivity index (χ0) is 18.8. The van der Waals surface area contributed by atoms with E-state index >= 15 is 0 Å². The van der Waals surface area contributed by atoms with E-state index in [1.807, 2.05) is 4.57 Å². The Kier molecular flexibility index (Phi) is 4.89. The number of nitrogens with one attached hydrogen (secondary N) is 1. The Labute approximate surface area is 156 Å². The molecule has 1 aromatic carbocycles. The molecule has 1 fully saturated rings. The van der Waals surface area contributed by atoms with E-state index in [1.54, 1.807) is 4.90 Å². The molecule has 0 unspecified atom stereocenters. The Morgan fingerprint density at radius 1 is 1.07 bits per heavy atom. The standard InChI is InChI=1S/C19H21FN4O3/c20-13-4-6-14(7-5-13)21-18(25)17-22-16(15-3-1-2-8-24(15)17)19(26)23-9-11-27-12-10-23/h4-7H,1-3,8-12H2,(H,21,25). The lowest BCUT2D eigenvalue weighted by Gasteiger charge is -2.26. The lowest BCUT2D eigenvalue weighted by molar-refractivity contribution is 0.0298. The van der Waals surface area contributed by atoms with Crippen molar-refractivity contribution in [3.8, 4) is 0 Å². The molecular formula is C19H21FN4O3. The summed E-state index contributed by atoms with van der Waals surface area (Å²) in [7, 11) is 0. The Bertz CT molecular complexity index is 857. The quantitative estimate of drug-likeness (QED) is 0.895. The number of morpholine rings is 1. The predicted molar refractivity (Wildman–Crippen MR) is 96.2 cm³/mol. The second kappa shape index (κ2) is 7.48. The summed E-state index contributed by atoms with van der Waals surface area (Å²) >= 11 is 0.